The van der Waals surface area contributed by atoms with E-state index in [4.69, 9.17) is 9.84 Å². The molecule has 16 heavy (non-hydrogen) atoms. The average molecular weight is 221 g/mol. The monoisotopic (exact) mass is 221 g/mol. The molecule has 86 valence electrons. The number of benzene rings is 1. The van der Waals surface area contributed by atoms with Crippen LogP contribution in [-0.4, -0.2) is 30.5 Å². The first kappa shape index (κ1) is 12.6. The first-order valence-corrected chi connectivity index (χ1v) is 5.22. The van der Waals surface area contributed by atoms with Crippen LogP contribution >= 0.6 is 0 Å². The van der Waals surface area contributed by atoms with Crippen molar-refractivity contribution < 1.29 is 14.6 Å². The van der Waals surface area contributed by atoms with Crippen LogP contribution in [0.3, 0.4) is 0 Å². The Morgan fingerprint density at radius 1 is 1.44 bits per heavy atom. The lowest BCUT2D eigenvalue weighted by molar-refractivity contribution is 0.0591. The quantitative estimate of drug-likeness (QED) is 0.612. The van der Waals surface area contributed by atoms with E-state index in [0.29, 0.717) is 5.69 Å². The van der Waals surface area contributed by atoms with Crippen molar-refractivity contribution in [2.45, 2.75) is 18.9 Å². The van der Waals surface area contributed by atoms with Crippen LogP contribution in [0.1, 0.15) is 12.8 Å². The van der Waals surface area contributed by atoms with Crippen LogP contribution < -0.4 is 0 Å². The van der Waals surface area contributed by atoms with E-state index in [-0.39, 0.29) is 12.7 Å². The summed E-state index contributed by atoms with van der Waals surface area (Å²) < 4.78 is 5.05. The lowest BCUT2D eigenvalue weighted by Crippen LogP contribution is -2.09. The van der Waals surface area contributed by atoms with E-state index >= 15 is 0 Å². The van der Waals surface area contributed by atoms with E-state index in [1.807, 2.05) is 18.2 Å². The van der Waals surface area contributed by atoms with E-state index in [1.54, 1.807) is 12.1 Å². The minimum absolute atomic E-state index is 0.153. The normalized spacial score (nSPS) is 18.2. The van der Waals surface area contributed by atoms with Crippen LogP contribution in [0.25, 0.3) is 0 Å². The van der Waals surface area contributed by atoms with E-state index in [2.05, 4.69) is 4.99 Å². The number of para-hydroxylation sites is 1. The molecule has 0 saturated carbocycles. The minimum Gasteiger partial charge on any atom is -0.394 e. The van der Waals surface area contributed by atoms with Crippen molar-refractivity contribution in [3.8, 4) is 0 Å². The average Bonchev–Trinajstić information content (AvgIpc) is 2.84. The standard InChI is InChI=1S/C7H5NO.C5H10O2/c9-6-8-7-4-2-1-3-5-7;6-4-5-2-1-3-7-5/h1-5H;5-6H,1-4H2. The third-order valence-electron chi connectivity index (χ3n) is 2.16. The van der Waals surface area contributed by atoms with Crippen molar-refractivity contribution in [2.24, 2.45) is 4.99 Å². The van der Waals surface area contributed by atoms with Crippen LogP contribution in [0.4, 0.5) is 5.69 Å². The SMILES string of the molecule is O=C=Nc1ccccc1.OCC1CCCO1. The van der Waals surface area contributed by atoms with Crippen LogP contribution in [0.5, 0.6) is 0 Å². The summed E-state index contributed by atoms with van der Waals surface area (Å²) >= 11 is 0. The zero-order valence-corrected chi connectivity index (χ0v) is 9.00. The Hall–Kier alpha value is -1.48. The third-order valence-corrected chi connectivity index (χ3v) is 2.16. The second-order valence-corrected chi connectivity index (χ2v) is 3.36. The summed E-state index contributed by atoms with van der Waals surface area (Å²) in [5, 5.41) is 8.44. The highest BCUT2D eigenvalue weighted by atomic mass is 16.5. The summed E-state index contributed by atoms with van der Waals surface area (Å²) in [5.41, 5.74) is 0.646. The zero-order valence-electron chi connectivity index (χ0n) is 9.00. The molecular weight excluding hydrogens is 206 g/mol. The van der Waals surface area contributed by atoms with Gasteiger partial charge in [0, 0.05) is 6.61 Å². The number of isocyanates is 1. The highest BCUT2D eigenvalue weighted by Crippen LogP contribution is 2.09. The van der Waals surface area contributed by atoms with E-state index in [1.165, 1.54) is 6.08 Å². The molecule has 4 heteroatoms. The van der Waals surface area contributed by atoms with Gasteiger partial charge in [-0.2, -0.15) is 4.99 Å². The molecule has 1 aromatic rings. The van der Waals surface area contributed by atoms with Crippen LogP contribution in [-0.2, 0) is 9.53 Å². The molecule has 0 amide bonds. The number of ether oxygens (including phenoxy) is 1. The molecule has 1 aliphatic heterocycles. The number of rotatable bonds is 2. The van der Waals surface area contributed by atoms with Crippen LogP contribution in [0.2, 0.25) is 0 Å². The molecule has 1 unspecified atom stereocenters. The Bertz CT molecular complexity index is 327. The van der Waals surface area contributed by atoms with Crippen molar-refractivity contribution in [1.82, 2.24) is 0 Å². The number of aliphatic hydroxyl groups is 1. The molecule has 1 aliphatic rings. The predicted octanol–water partition coefficient (Wildman–Crippen LogP) is 1.81. The molecule has 1 atom stereocenters. The fraction of sp³-hybridized carbons (Fsp3) is 0.417. The Labute approximate surface area is 94.6 Å². The number of aliphatic imine (C=N–C) groups is 1. The Morgan fingerprint density at radius 2 is 2.19 bits per heavy atom. The maximum absolute atomic E-state index is 9.68. The summed E-state index contributed by atoms with van der Waals surface area (Å²) in [5.74, 6) is 0. The molecule has 0 spiro atoms. The Balaban J connectivity index is 0.000000165. The Morgan fingerprint density at radius 3 is 2.62 bits per heavy atom. The number of hydrogen-bond acceptors (Lipinski definition) is 4. The van der Waals surface area contributed by atoms with Gasteiger partial charge in [-0.25, -0.2) is 4.79 Å². The van der Waals surface area contributed by atoms with Gasteiger partial charge in [-0.15, -0.1) is 0 Å². The first-order valence-electron chi connectivity index (χ1n) is 5.22. The number of carbonyl (C=O) groups excluding carboxylic acids is 1. The van der Waals surface area contributed by atoms with Gasteiger partial charge in [-0.3, -0.25) is 0 Å². The maximum Gasteiger partial charge on any atom is 0.240 e. The highest BCUT2D eigenvalue weighted by Gasteiger charge is 2.12. The Kier molecular flexibility index (Phi) is 6.11. The molecule has 0 aliphatic carbocycles. The maximum atomic E-state index is 9.68. The van der Waals surface area contributed by atoms with Crippen molar-refractivity contribution >= 4 is 11.8 Å². The molecule has 1 N–H and O–H groups in total. The van der Waals surface area contributed by atoms with Crippen molar-refractivity contribution in [2.75, 3.05) is 13.2 Å². The van der Waals surface area contributed by atoms with Gasteiger partial charge >= 0.3 is 0 Å². The van der Waals surface area contributed by atoms with Crippen LogP contribution in [0, 0.1) is 0 Å². The molecule has 0 aromatic heterocycles. The van der Waals surface area contributed by atoms with E-state index < -0.39 is 0 Å². The summed E-state index contributed by atoms with van der Waals surface area (Å²) in [6, 6.07) is 8.98. The molecule has 1 fully saturated rings. The molecule has 0 radical (unpaired) electrons. The predicted molar refractivity (Wildman–Crippen MR) is 60.3 cm³/mol. The molecule has 2 rings (SSSR count). The van der Waals surface area contributed by atoms with Crippen molar-refractivity contribution in [3.63, 3.8) is 0 Å². The summed E-state index contributed by atoms with van der Waals surface area (Å²) in [7, 11) is 0. The van der Waals surface area contributed by atoms with Gasteiger partial charge in [0.25, 0.3) is 0 Å². The zero-order chi connectivity index (χ0) is 11.6. The van der Waals surface area contributed by atoms with Gasteiger partial charge in [0.05, 0.1) is 18.4 Å². The second kappa shape index (κ2) is 7.77. The molecule has 4 nitrogen and oxygen atoms in total. The largest absolute Gasteiger partial charge is 0.394 e. The molecule has 1 aromatic carbocycles. The first-order chi connectivity index (χ1) is 7.86. The molecule has 1 heterocycles. The summed E-state index contributed by atoms with van der Waals surface area (Å²) in [4.78, 5) is 13.1. The fourth-order valence-corrected chi connectivity index (χ4v) is 1.34. The number of nitrogens with zero attached hydrogens (tertiary/aromatic N) is 1. The molecule has 1 saturated heterocycles. The van der Waals surface area contributed by atoms with Gasteiger partial charge in [-0.1, -0.05) is 18.2 Å². The van der Waals surface area contributed by atoms with Crippen molar-refractivity contribution in [3.05, 3.63) is 30.3 Å². The highest BCUT2D eigenvalue weighted by molar-refractivity contribution is 5.47. The van der Waals surface area contributed by atoms with Gasteiger partial charge < -0.3 is 9.84 Å². The van der Waals surface area contributed by atoms with Gasteiger partial charge in [-0.05, 0) is 25.0 Å². The topological polar surface area (TPSA) is 58.9 Å². The van der Waals surface area contributed by atoms with Crippen LogP contribution in [0.15, 0.2) is 35.3 Å². The molecule has 0 bridgehead atoms. The third kappa shape index (κ3) is 4.84. The van der Waals surface area contributed by atoms with Gasteiger partial charge in [0.15, 0.2) is 0 Å². The lowest BCUT2D eigenvalue weighted by Gasteiger charge is -2.00. The fourth-order valence-electron chi connectivity index (χ4n) is 1.34. The number of hydrogen-bond donors (Lipinski definition) is 1. The smallest absolute Gasteiger partial charge is 0.240 e. The van der Waals surface area contributed by atoms with E-state index in [0.717, 1.165) is 19.4 Å². The van der Waals surface area contributed by atoms with Gasteiger partial charge in [0.2, 0.25) is 6.08 Å². The number of aliphatic hydroxyl groups excluding tert-OH is 1. The van der Waals surface area contributed by atoms with Gasteiger partial charge in [0.1, 0.15) is 0 Å². The molecular formula is C12H15NO3. The lowest BCUT2D eigenvalue weighted by atomic mass is 10.2. The van der Waals surface area contributed by atoms with Crippen molar-refractivity contribution in [1.29, 1.82) is 0 Å². The summed E-state index contributed by atoms with van der Waals surface area (Å²) in [6.07, 6.45) is 3.77. The minimum atomic E-state index is 0.153. The summed E-state index contributed by atoms with van der Waals surface area (Å²) in [6.45, 7) is 1.03. The second-order valence-electron chi connectivity index (χ2n) is 3.36. The van der Waals surface area contributed by atoms with E-state index in [9.17, 15) is 4.79 Å².